The van der Waals surface area contributed by atoms with Crippen molar-refractivity contribution in [2.24, 2.45) is 0 Å². The summed E-state index contributed by atoms with van der Waals surface area (Å²) in [4.78, 5) is 9.78. The molecule has 54 valence electrons. The fourth-order valence-corrected chi connectivity index (χ4v) is 0.374. The van der Waals surface area contributed by atoms with E-state index in [1.54, 1.807) is 18.2 Å². The van der Waals surface area contributed by atoms with Gasteiger partial charge in [0.05, 0.1) is 5.97 Å². The molecule has 0 atom stereocenters. The standard InChI is InChI=1S/C8H10O2.K/c1-2-3-4-5-6-7-8(9)10;/h2-7H,1H3,(H,9,10);/q;+1/p-1/b3-2+,5-4+,7-6+;. The molecule has 0 heterocycles. The molecule has 0 fully saturated rings. The molecule has 0 aromatic rings. The third-order valence-electron chi connectivity index (χ3n) is 0.758. The normalized spacial score (nSPS) is 11.0. The van der Waals surface area contributed by atoms with Gasteiger partial charge in [-0.2, -0.15) is 0 Å². The van der Waals surface area contributed by atoms with Crippen molar-refractivity contribution >= 4 is 5.97 Å². The summed E-state index contributed by atoms with van der Waals surface area (Å²) >= 11 is 0. The van der Waals surface area contributed by atoms with Crippen LogP contribution in [-0.4, -0.2) is 5.97 Å². The van der Waals surface area contributed by atoms with Crippen LogP contribution in [0.1, 0.15) is 6.92 Å². The van der Waals surface area contributed by atoms with Gasteiger partial charge >= 0.3 is 51.4 Å². The Morgan fingerprint density at radius 1 is 1.18 bits per heavy atom. The van der Waals surface area contributed by atoms with E-state index in [0.717, 1.165) is 6.08 Å². The van der Waals surface area contributed by atoms with Crippen LogP contribution in [0.2, 0.25) is 0 Å². The maximum atomic E-state index is 9.78. The molecule has 11 heavy (non-hydrogen) atoms. The fraction of sp³-hybridized carbons (Fsp3) is 0.125. The predicted molar refractivity (Wildman–Crippen MR) is 38.1 cm³/mol. The Morgan fingerprint density at radius 3 is 2.18 bits per heavy atom. The predicted octanol–water partition coefficient (Wildman–Crippen LogP) is -2.57. The van der Waals surface area contributed by atoms with Crippen molar-refractivity contribution < 1.29 is 61.3 Å². The molecule has 0 rings (SSSR count). The van der Waals surface area contributed by atoms with Crippen molar-refractivity contribution in [1.29, 1.82) is 0 Å². The summed E-state index contributed by atoms with van der Waals surface area (Å²) in [6.45, 7) is 1.88. The zero-order chi connectivity index (χ0) is 7.82. The number of aliphatic carboxylic acids is 1. The van der Waals surface area contributed by atoms with E-state index in [2.05, 4.69) is 0 Å². The summed E-state index contributed by atoms with van der Waals surface area (Å²) in [5, 5.41) is 9.78. The summed E-state index contributed by atoms with van der Waals surface area (Å²) in [7, 11) is 0. The first-order chi connectivity index (χ1) is 4.77. The molecule has 0 aromatic carbocycles. The summed E-state index contributed by atoms with van der Waals surface area (Å²) < 4.78 is 0. The molecule has 0 unspecified atom stereocenters. The maximum absolute atomic E-state index is 9.78. The van der Waals surface area contributed by atoms with E-state index in [1.165, 1.54) is 6.08 Å². The number of carbonyl (C=O) groups excluding carboxylic acids is 1. The monoisotopic (exact) mass is 176 g/mol. The van der Waals surface area contributed by atoms with Gasteiger partial charge in [0.15, 0.2) is 0 Å². The molecular weight excluding hydrogens is 167 g/mol. The van der Waals surface area contributed by atoms with E-state index >= 15 is 0 Å². The zero-order valence-electron chi connectivity index (χ0n) is 6.78. The maximum Gasteiger partial charge on any atom is 1.00 e. The number of allylic oxidation sites excluding steroid dienone is 5. The Morgan fingerprint density at radius 2 is 1.73 bits per heavy atom. The molecule has 2 nitrogen and oxygen atoms in total. The van der Waals surface area contributed by atoms with Crippen LogP contribution < -0.4 is 56.5 Å². The van der Waals surface area contributed by atoms with Crippen LogP contribution in [0.4, 0.5) is 0 Å². The molecule has 3 heteroatoms. The van der Waals surface area contributed by atoms with Crippen LogP contribution in [-0.2, 0) is 4.79 Å². The topological polar surface area (TPSA) is 40.1 Å². The number of carboxylic acids is 1. The fourth-order valence-electron chi connectivity index (χ4n) is 0.374. The summed E-state index contributed by atoms with van der Waals surface area (Å²) in [5.41, 5.74) is 0. The number of carboxylic acid groups (broad SMARTS) is 1. The van der Waals surface area contributed by atoms with E-state index in [-0.39, 0.29) is 51.4 Å². The molecular formula is C8H9KO2. The van der Waals surface area contributed by atoms with Crippen LogP contribution in [0.5, 0.6) is 0 Å². The third kappa shape index (κ3) is 13.3. The van der Waals surface area contributed by atoms with Crippen LogP contribution in [0.25, 0.3) is 0 Å². The number of carbonyl (C=O) groups is 1. The molecule has 0 aliphatic carbocycles. The first-order valence-electron chi connectivity index (χ1n) is 2.94. The van der Waals surface area contributed by atoms with Crippen LogP contribution in [0, 0.1) is 0 Å². The van der Waals surface area contributed by atoms with Crippen LogP contribution in [0.3, 0.4) is 0 Å². The quantitative estimate of drug-likeness (QED) is 0.269. The van der Waals surface area contributed by atoms with E-state index in [1.807, 2.05) is 13.0 Å². The van der Waals surface area contributed by atoms with Gasteiger partial charge in [-0.15, -0.1) is 0 Å². The second-order valence-electron chi connectivity index (χ2n) is 1.59. The van der Waals surface area contributed by atoms with Crippen molar-refractivity contribution in [3.8, 4) is 0 Å². The zero-order valence-corrected chi connectivity index (χ0v) is 9.90. The number of hydrogen-bond acceptors (Lipinski definition) is 2. The van der Waals surface area contributed by atoms with E-state index in [4.69, 9.17) is 0 Å². The van der Waals surface area contributed by atoms with Crippen molar-refractivity contribution in [3.63, 3.8) is 0 Å². The van der Waals surface area contributed by atoms with Crippen molar-refractivity contribution in [1.82, 2.24) is 0 Å². The van der Waals surface area contributed by atoms with Crippen LogP contribution in [0.15, 0.2) is 36.5 Å². The van der Waals surface area contributed by atoms with Crippen molar-refractivity contribution in [3.05, 3.63) is 36.5 Å². The molecule has 0 aliphatic rings. The number of rotatable bonds is 3. The first-order valence-corrected chi connectivity index (χ1v) is 2.94. The van der Waals surface area contributed by atoms with Gasteiger partial charge in [-0.1, -0.05) is 30.4 Å². The van der Waals surface area contributed by atoms with Gasteiger partial charge in [0.2, 0.25) is 0 Å². The summed E-state index contributed by atoms with van der Waals surface area (Å²) in [6.07, 6.45) is 9.40. The third-order valence-corrected chi connectivity index (χ3v) is 0.758. The van der Waals surface area contributed by atoms with Crippen molar-refractivity contribution in [2.45, 2.75) is 6.92 Å². The molecule has 0 amide bonds. The van der Waals surface area contributed by atoms with Gasteiger partial charge in [0.1, 0.15) is 0 Å². The van der Waals surface area contributed by atoms with Crippen molar-refractivity contribution in [2.75, 3.05) is 0 Å². The van der Waals surface area contributed by atoms with E-state index in [0.29, 0.717) is 0 Å². The largest absolute Gasteiger partial charge is 1.00 e. The smallest absolute Gasteiger partial charge is 0.545 e. The van der Waals surface area contributed by atoms with Gasteiger partial charge in [-0.3, -0.25) is 0 Å². The molecule has 0 N–H and O–H groups in total. The molecule has 0 saturated heterocycles. The minimum Gasteiger partial charge on any atom is -0.545 e. The SMILES string of the molecule is C/C=C/C=C/C=C/C(=O)[O-].[K+]. The molecule has 0 saturated carbocycles. The second-order valence-corrected chi connectivity index (χ2v) is 1.59. The van der Waals surface area contributed by atoms with Gasteiger partial charge in [0.25, 0.3) is 0 Å². The molecule has 0 aromatic heterocycles. The minimum atomic E-state index is -1.18. The van der Waals surface area contributed by atoms with Crippen LogP contribution >= 0.6 is 0 Å². The number of hydrogen-bond donors (Lipinski definition) is 0. The average Bonchev–Trinajstić information content (AvgIpc) is 1.87. The summed E-state index contributed by atoms with van der Waals surface area (Å²) in [5.74, 6) is -1.18. The first kappa shape index (κ1) is 13.9. The molecule has 0 aliphatic heterocycles. The Balaban J connectivity index is 0. The Kier molecular flexibility index (Phi) is 13.0. The summed E-state index contributed by atoms with van der Waals surface area (Å²) in [6, 6.07) is 0. The van der Waals surface area contributed by atoms with Gasteiger partial charge in [-0.05, 0) is 13.0 Å². The molecule has 0 radical (unpaired) electrons. The average molecular weight is 176 g/mol. The van der Waals surface area contributed by atoms with E-state index in [9.17, 15) is 9.90 Å². The van der Waals surface area contributed by atoms with Gasteiger partial charge in [-0.25, -0.2) is 0 Å². The Bertz CT molecular complexity index is 181. The second kappa shape index (κ2) is 10.3. The van der Waals surface area contributed by atoms with E-state index < -0.39 is 5.97 Å². The molecule has 0 spiro atoms. The van der Waals surface area contributed by atoms with Gasteiger partial charge in [0, 0.05) is 0 Å². The Hall–Kier alpha value is 0.326. The minimum absolute atomic E-state index is 0. The Labute approximate surface area is 109 Å². The van der Waals surface area contributed by atoms with Gasteiger partial charge < -0.3 is 9.90 Å². The molecule has 0 bridgehead atoms.